The Labute approximate surface area is 162 Å². The number of hydrogen-bond acceptors (Lipinski definition) is 5. The van der Waals surface area contributed by atoms with Crippen LogP contribution < -0.4 is 5.32 Å². The van der Waals surface area contributed by atoms with Gasteiger partial charge in [0.25, 0.3) is 5.91 Å². The van der Waals surface area contributed by atoms with Crippen LogP contribution in [-0.4, -0.2) is 59.6 Å². The number of ether oxygens (including phenoxy) is 1. The van der Waals surface area contributed by atoms with E-state index >= 15 is 0 Å². The maximum absolute atomic E-state index is 12.6. The van der Waals surface area contributed by atoms with Crippen molar-refractivity contribution in [1.82, 2.24) is 14.8 Å². The molecule has 1 aromatic carbocycles. The molecular formula is C19H21ClN4O3. The van der Waals surface area contributed by atoms with Gasteiger partial charge in [-0.15, -0.1) is 0 Å². The summed E-state index contributed by atoms with van der Waals surface area (Å²) in [6.07, 6.45) is 1.27. The van der Waals surface area contributed by atoms with E-state index in [9.17, 15) is 9.59 Å². The lowest BCUT2D eigenvalue weighted by Gasteiger charge is -2.33. The van der Waals surface area contributed by atoms with Gasteiger partial charge in [0.1, 0.15) is 5.69 Å². The summed E-state index contributed by atoms with van der Waals surface area (Å²) in [5.74, 6) is -0.150. The Hall–Kier alpha value is -2.80. The van der Waals surface area contributed by atoms with Crippen molar-refractivity contribution in [2.45, 2.75) is 6.92 Å². The summed E-state index contributed by atoms with van der Waals surface area (Å²) >= 11 is 6.13. The molecule has 2 aromatic rings. The fraction of sp³-hybridized carbons (Fsp3) is 0.316. The fourth-order valence-electron chi connectivity index (χ4n) is 2.78. The van der Waals surface area contributed by atoms with Gasteiger partial charge in [0.05, 0.1) is 29.2 Å². The Kier molecular flexibility index (Phi) is 6.13. The third-order valence-electron chi connectivity index (χ3n) is 4.23. The normalized spacial score (nSPS) is 14.0. The predicted octanol–water partition coefficient (Wildman–Crippen LogP) is 3.39. The summed E-state index contributed by atoms with van der Waals surface area (Å²) in [6.45, 7) is 3.94. The Balaban J connectivity index is 1.58. The highest BCUT2D eigenvalue weighted by atomic mass is 35.5. The molecule has 0 saturated carbocycles. The lowest BCUT2D eigenvalue weighted by atomic mass is 10.2. The number of pyridine rings is 1. The van der Waals surface area contributed by atoms with Crippen molar-refractivity contribution < 1.29 is 14.3 Å². The van der Waals surface area contributed by atoms with E-state index in [2.05, 4.69) is 10.3 Å². The molecule has 1 aliphatic heterocycles. The molecule has 0 spiro atoms. The first-order valence-corrected chi connectivity index (χ1v) is 9.15. The Morgan fingerprint density at radius 1 is 1.11 bits per heavy atom. The molecule has 1 saturated heterocycles. The number of amides is 2. The number of piperazine rings is 1. The number of carbonyl (C=O) groups excluding carboxylic acids is 2. The van der Waals surface area contributed by atoms with Crippen LogP contribution in [0.25, 0.3) is 0 Å². The lowest BCUT2D eigenvalue weighted by Crippen LogP contribution is -2.50. The zero-order valence-electron chi connectivity index (χ0n) is 15.0. The van der Waals surface area contributed by atoms with Gasteiger partial charge in [0.2, 0.25) is 0 Å². The van der Waals surface area contributed by atoms with Crippen LogP contribution in [0, 0.1) is 0 Å². The standard InChI is InChI=1S/C19H21ClN4O3/c1-2-27-19(26)24-11-9-23(10-12-24)18(25)17-8-7-14(13-21-17)22-16-6-4-3-5-15(16)20/h3-8,13,22H,2,9-12H2,1H3. The monoisotopic (exact) mass is 388 g/mol. The summed E-state index contributed by atoms with van der Waals surface area (Å²) in [7, 11) is 0. The number of carbonyl (C=O) groups is 2. The summed E-state index contributed by atoms with van der Waals surface area (Å²) in [5, 5.41) is 3.78. The number of nitrogens with zero attached hydrogens (tertiary/aromatic N) is 3. The zero-order chi connectivity index (χ0) is 19.2. The minimum absolute atomic E-state index is 0.150. The van der Waals surface area contributed by atoms with Gasteiger partial charge in [0, 0.05) is 26.2 Å². The molecular weight excluding hydrogens is 368 g/mol. The van der Waals surface area contributed by atoms with Gasteiger partial charge in [-0.25, -0.2) is 9.78 Å². The third-order valence-corrected chi connectivity index (χ3v) is 4.56. The van der Waals surface area contributed by atoms with Crippen molar-refractivity contribution in [1.29, 1.82) is 0 Å². The molecule has 0 bridgehead atoms. The molecule has 0 unspecified atom stereocenters. The molecule has 0 aliphatic carbocycles. The van der Waals surface area contributed by atoms with Gasteiger partial charge in [-0.1, -0.05) is 23.7 Å². The highest BCUT2D eigenvalue weighted by Gasteiger charge is 2.26. The van der Waals surface area contributed by atoms with E-state index < -0.39 is 0 Å². The molecule has 1 N–H and O–H groups in total. The third kappa shape index (κ3) is 4.68. The van der Waals surface area contributed by atoms with Crippen LogP contribution in [0.15, 0.2) is 42.6 Å². The van der Waals surface area contributed by atoms with Crippen LogP contribution in [0.4, 0.5) is 16.2 Å². The number of nitrogens with one attached hydrogen (secondary N) is 1. The largest absolute Gasteiger partial charge is 0.450 e. The molecule has 27 heavy (non-hydrogen) atoms. The first kappa shape index (κ1) is 19.0. The molecule has 1 aliphatic rings. The molecule has 2 heterocycles. The van der Waals surface area contributed by atoms with Gasteiger partial charge in [-0.3, -0.25) is 4.79 Å². The van der Waals surface area contributed by atoms with Gasteiger partial charge in [-0.05, 0) is 31.2 Å². The van der Waals surface area contributed by atoms with Crippen LogP contribution in [0.1, 0.15) is 17.4 Å². The first-order valence-electron chi connectivity index (χ1n) is 8.77. The van der Waals surface area contributed by atoms with Crippen molar-refractivity contribution in [3.05, 3.63) is 53.3 Å². The van der Waals surface area contributed by atoms with Crippen LogP contribution in [-0.2, 0) is 4.74 Å². The SMILES string of the molecule is CCOC(=O)N1CCN(C(=O)c2ccc(Nc3ccccc3Cl)cn2)CC1. The van der Waals surface area contributed by atoms with E-state index in [1.165, 1.54) is 0 Å². The maximum Gasteiger partial charge on any atom is 0.409 e. The van der Waals surface area contributed by atoms with E-state index in [0.717, 1.165) is 11.4 Å². The number of halogens is 1. The summed E-state index contributed by atoms with van der Waals surface area (Å²) in [4.78, 5) is 31.9. The van der Waals surface area contributed by atoms with Crippen molar-refractivity contribution >= 4 is 35.0 Å². The smallest absolute Gasteiger partial charge is 0.409 e. The Morgan fingerprint density at radius 3 is 2.44 bits per heavy atom. The van der Waals surface area contributed by atoms with Gasteiger partial charge >= 0.3 is 6.09 Å². The zero-order valence-corrected chi connectivity index (χ0v) is 15.8. The second kappa shape index (κ2) is 8.73. The minimum atomic E-state index is -0.335. The molecule has 0 radical (unpaired) electrons. The number of hydrogen-bond donors (Lipinski definition) is 1. The molecule has 0 atom stereocenters. The number of anilines is 2. The molecule has 1 fully saturated rings. The van der Waals surface area contributed by atoms with Gasteiger partial charge in [0.15, 0.2) is 0 Å². The van der Waals surface area contributed by atoms with Crippen molar-refractivity contribution in [2.24, 2.45) is 0 Å². The number of benzene rings is 1. The van der Waals surface area contributed by atoms with Crippen molar-refractivity contribution in [3.63, 3.8) is 0 Å². The summed E-state index contributed by atoms with van der Waals surface area (Å²) < 4.78 is 4.99. The Morgan fingerprint density at radius 2 is 1.81 bits per heavy atom. The first-order chi connectivity index (χ1) is 13.1. The molecule has 2 amide bonds. The van der Waals surface area contributed by atoms with Crippen LogP contribution in [0.5, 0.6) is 0 Å². The van der Waals surface area contributed by atoms with Crippen molar-refractivity contribution in [3.8, 4) is 0 Å². The van der Waals surface area contributed by atoms with E-state index in [1.54, 1.807) is 41.1 Å². The topological polar surface area (TPSA) is 74.8 Å². The summed E-state index contributed by atoms with van der Waals surface area (Å²) in [6, 6.07) is 10.9. The highest BCUT2D eigenvalue weighted by molar-refractivity contribution is 6.33. The second-order valence-corrected chi connectivity index (χ2v) is 6.42. The van der Waals surface area contributed by atoms with Crippen molar-refractivity contribution in [2.75, 3.05) is 38.1 Å². The van der Waals surface area contributed by atoms with Gasteiger partial charge in [-0.2, -0.15) is 0 Å². The molecule has 1 aromatic heterocycles. The van der Waals surface area contributed by atoms with E-state index in [1.807, 2.05) is 18.2 Å². The quantitative estimate of drug-likeness (QED) is 0.868. The average molecular weight is 389 g/mol. The fourth-order valence-corrected chi connectivity index (χ4v) is 2.96. The molecule has 3 rings (SSSR count). The second-order valence-electron chi connectivity index (χ2n) is 6.02. The van der Waals surface area contributed by atoms with E-state index in [0.29, 0.717) is 43.5 Å². The predicted molar refractivity (Wildman–Crippen MR) is 103 cm³/mol. The minimum Gasteiger partial charge on any atom is -0.450 e. The van der Waals surface area contributed by atoms with E-state index in [-0.39, 0.29) is 12.0 Å². The lowest BCUT2D eigenvalue weighted by molar-refractivity contribution is 0.0566. The van der Waals surface area contributed by atoms with Crippen LogP contribution >= 0.6 is 11.6 Å². The molecule has 142 valence electrons. The molecule has 7 nitrogen and oxygen atoms in total. The molecule has 8 heteroatoms. The highest BCUT2D eigenvalue weighted by Crippen LogP contribution is 2.24. The van der Waals surface area contributed by atoms with E-state index in [4.69, 9.17) is 16.3 Å². The Bertz CT molecular complexity index is 805. The number of para-hydroxylation sites is 1. The summed E-state index contributed by atoms with van der Waals surface area (Å²) in [5.41, 5.74) is 1.88. The maximum atomic E-state index is 12.6. The van der Waals surface area contributed by atoms with Crippen LogP contribution in [0.3, 0.4) is 0 Å². The van der Waals surface area contributed by atoms with Crippen LogP contribution in [0.2, 0.25) is 5.02 Å². The number of aromatic nitrogens is 1. The average Bonchev–Trinajstić information content (AvgIpc) is 2.70. The van der Waals surface area contributed by atoms with Gasteiger partial charge < -0.3 is 19.9 Å². The number of rotatable bonds is 4.